The fraction of sp³-hybridized carbons (Fsp3) is 0.765. The van der Waals surface area contributed by atoms with Gasteiger partial charge in [-0.1, -0.05) is 19.3 Å². The van der Waals surface area contributed by atoms with Crippen molar-refractivity contribution in [3.8, 4) is 0 Å². The van der Waals surface area contributed by atoms with Crippen molar-refractivity contribution < 1.29 is 9.90 Å². The Labute approximate surface area is 137 Å². The van der Waals surface area contributed by atoms with Crippen LogP contribution in [0.15, 0.2) is 12.4 Å². The Morgan fingerprint density at radius 1 is 1.39 bits per heavy atom. The van der Waals surface area contributed by atoms with E-state index in [0.717, 1.165) is 57.3 Å². The number of amides is 1. The minimum absolute atomic E-state index is 0.00700. The number of aliphatic hydroxyl groups is 1. The highest BCUT2D eigenvalue weighted by atomic mass is 16.3. The maximum absolute atomic E-state index is 12.3. The first kappa shape index (κ1) is 16.3. The highest BCUT2D eigenvalue weighted by Gasteiger charge is 2.32. The van der Waals surface area contributed by atoms with E-state index >= 15 is 0 Å². The van der Waals surface area contributed by atoms with Gasteiger partial charge in [0.25, 0.3) is 0 Å². The summed E-state index contributed by atoms with van der Waals surface area (Å²) < 4.78 is 1.80. The molecule has 3 rings (SSSR count). The van der Waals surface area contributed by atoms with Crippen LogP contribution in [0.2, 0.25) is 0 Å². The lowest BCUT2D eigenvalue weighted by atomic mass is 9.82. The van der Waals surface area contributed by atoms with Gasteiger partial charge in [-0.2, -0.15) is 5.10 Å². The molecule has 0 aromatic carbocycles. The normalized spacial score (nSPS) is 24.4. The maximum Gasteiger partial charge on any atom is 0.223 e. The average Bonchev–Trinajstić information content (AvgIpc) is 2.94. The summed E-state index contributed by atoms with van der Waals surface area (Å²) in [6, 6.07) is 0.156. The van der Waals surface area contributed by atoms with Gasteiger partial charge in [-0.15, -0.1) is 0 Å². The third-order valence-electron chi connectivity index (χ3n) is 5.12. The molecule has 0 radical (unpaired) electrons. The van der Waals surface area contributed by atoms with Gasteiger partial charge in [0.15, 0.2) is 0 Å². The van der Waals surface area contributed by atoms with E-state index in [-0.39, 0.29) is 18.4 Å². The molecule has 1 unspecified atom stereocenters. The largest absolute Gasteiger partial charge is 0.389 e. The number of anilines is 1. The molecular weight excluding hydrogens is 292 g/mol. The van der Waals surface area contributed by atoms with E-state index < -0.39 is 5.60 Å². The fourth-order valence-corrected chi connectivity index (χ4v) is 3.87. The van der Waals surface area contributed by atoms with E-state index in [1.165, 1.54) is 6.42 Å². The molecule has 1 aliphatic heterocycles. The molecule has 1 saturated carbocycles. The van der Waals surface area contributed by atoms with Gasteiger partial charge in [0, 0.05) is 32.4 Å². The standard InChI is InChI=1S/C17H28N4O2/c1-20-13-15(11-18-20)21-9-5-6-14(12-21)19-16(22)10-17(23)7-3-2-4-8-17/h11,13-14,23H,2-10,12H2,1H3,(H,19,22). The van der Waals surface area contributed by atoms with Crippen LogP contribution in [0.5, 0.6) is 0 Å². The van der Waals surface area contributed by atoms with Gasteiger partial charge in [0.05, 0.1) is 23.9 Å². The molecule has 2 N–H and O–H groups in total. The third-order valence-corrected chi connectivity index (χ3v) is 5.12. The van der Waals surface area contributed by atoms with Crippen molar-refractivity contribution >= 4 is 11.6 Å². The van der Waals surface area contributed by atoms with E-state index in [0.29, 0.717) is 0 Å². The number of carbonyl (C=O) groups excluding carboxylic acids is 1. The molecule has 1 aliphatic carbocycles. The second-order valence-corrected chi connectivity index (χ2v) is 7.19. The Kier molecular flexibility index (Phi) is 4.90. The lowest BCUT2D eigenvalue weighted by Gasteiger charge is -2.35. The van der Waals surface area contributed by atoms with Gasteiger partial charge in [-0.25, -0.2) is 0 Å². The summed E-state index contributed by atoms with van der Waals surface area (Å²) in [5.74, 6) is -0.00700. The number of hydrogen-bond donors (Lipinski definition) is 2. The van der Waals surface area contributed by atoms with Crippen molar-refractivity contribution in [2.24, 2.45) is 7.05 Å². The number of piperidine rings is 1. The van der Waals surface area contributed by atoms with Crippen molar-refractivity contribution in [2.45, 2.75) is 63.0 Å². The Bertz CT molecular complexity index is 536. The first-order valence-electron chi connectivity index (χ1n) is 8.79. The van der Waals surface area contributed by atoms with Gasteiger partial charge in [0.2, 0.25) is 5.91 Å². The highest BCUT2D eigenvalue weighted by molar-refractivity contribution is 5.77. The zero-order valence-electron chi connectivity index (χ0n) is 14.0. The van der Waals surface area contributed by atoms with Crippen LogP contribution in [0.1, 0.15) is 51.4 Å². The SMILES string of the molecule is Cn1cc(N2CCCC(NC(=O)CC3(O)CCCCC3)C2)cn1. The molecule has 1 atom stereocenters. The number of carbonyl (C=O) groups is 1. The van der Waals surface area contributed by atoms with Crippen molar-refractivity contribution in [3.05, 3.63) is 12.4 Å². The molecule has 2 heterocycles. The van der Waals surface area contributed by atoms with Crippen molar-refractivity contribution in [1.29, 1.82) is 0 Å². The Morgan fingerprint density at radius 3 is 2.87 bits per heavy atom. The molecule has 1 saturated heterocycles. The number of nitrogens with zero attached hydrogens (tertiary/aromatic N) is 3. The van der Waals surface area contributed by atoms with E-state index in [4.69, 9.17) is 0 Å². The van der Waals surface area contributed by atoms with Crippen LogP contribution in [0, 0.1) is 0 Å². The monoisotopic (exact) mass is 320 g/mol. The van der Waals surface area contributed by atoms with Crippen molar-refractivity contribution in [2.75, 3.05) is 18.0 Å². The van der Waals surface area contributed by atoms with E-state index in [9.17, 15) is 9.90 Å². The van der Waals surface area contributed by atoms with Gasteiger partial charge in [0.1, 0.15) is 0 Å². The summed E-state index contributed by atoms with van der Waals surface area (Å²) in [5, 5.41) is 17.9. The van der Waals surface area contributed by atoms with Crippen LogP contribution in [0.4, 0.5) is 5.69 Å². The molecule has 128 valence electrons. The topological polar surface area (TPSA) is 70.4 Å². The van der Waals surface area contributed by atoms with E-state index in [1.54, 1.807) is 4.68 Å². The lowest BCUT2D eigenvalue weighted by Crippen LogP contribution is -2.49. The fourth-order valence-electron chi connectivity index (χ4n) is 3.87. The number of aromatic nitrogens is 2. The second-order valence-electron chi connectivity index (χ2n) is 7.19. The third kappa shape index (κ3) is 4.25. The molecule has 6 heteroatoms. The molecule has 0 bridgehead atoms. The molecule has 6 nitrogen and oxygen atoms in total. The Hall–Kier alpha value is -1.56. The molecule has 1 aromatic rings. The average molecular weight is 320 g/mol. The number of rotatable bonds is 4. The smallest absolute Gasteiger partial charge is 0.223 e. The molecule has 23 heavy (non-hydrogen) atoms. The summed E-state index contributed by atoms with van der Waals surface area (Å²) >= 11 is 0. The van der Waals surface area contributed by atoms with Gasteiger partial charge < -0.3 is 15.3 Å². The second kappa shape index (κ2) is 6.91. The number of aryl methyl sites for hydroxylation is 1. The van der Waals surface area contributed by atoms with E-state index in [2.05, 4.69) is 15.3 Å². The predicted molar refractivity (Wildman–Crippen MR) is 89.2 cm³/mol. The van der Waals surface area contributed by atoms with E-state index in [1.807, 2.05) is 19.4 Å². The molecule has 1 amide bonds. The zero-order valence-corrected chi connectivity index (χ0v) is 14.0. The Balaban J connectivity index is 1.52. The first-order chi connectivity index (χ1) is 11.0. The quantitative estimate of drug-likeness (QED) is 0.884. The minimum Gasteiger partial charge on any atom is -0.389 e. The summed E-state index contributed by atoms with van der Waals surface area (Å²) in [7, 11) is 1.91. The van der Waals surface area contributed by atoms with Crippen LogP contribution < -0.4 is 10.2 Å². The first-order valence-corrected chi connectivity index (χ1v) is 8.79. The molecule has 0 spiro atoms. The molecule has 2 fully saturated rings. The van der Waals surface area contributed by atoms with Crippen molar-refractivity contribution in [1.82, 2.24) is 15.1 Å². The zero-order chi connectivity index (χ0) is 16.3. The molecule has 1 aromatic heterocycles. The Morgan fingerprint density at radius 2 is 2.17 bits per heavy atom. The molecule has 2 aliphatic rings. The lowest BCUT2D eigenvalue weighted by molar-refractivity contribution is -0.128. The summed E-state index contributed by atoms with van der Waals surface area (Å²) in [4.78, 5) is 14.6. The highest BCUT2D eigenvalue weighted by Crippen LogP contribution is 2.30. The van der Waals surface area contributed by atoms with Crippen LogP contribution in [-0.4, -0.2) is 45.5 Å². The number of hydrogen-bond acceptors (Lipinski definition) is 4. The van der Waals surface area contributed by atoms with Gasteiger partial charge in [-0.05, 0) is 25.7 Å². The van der Waals surface area contributed by atoms with Crippen molar-refractivity contribution in [3.63, 3.8) is 0 Å². The van der Waals surface area contributed by atoms with Gasteiger partial charge >= 0.3 is 0 Å². The molecular formula is C17H28N4O2. The van der Waals surface area contributed by atoms with Crippen LogP contribution in [-0.2, 0) is 11.8 Å². The van der Waals surface area contributed by atoms with Crippen LogP contribution in [0.3, 0.4) is 0 Å². The summed E-state index contributed by atoms with van der Waals surface area (Å²) in [5.41, 5.74) is 0.331. The maximum atomic E-state index is 12.3. The minimum atomic E-state index is -0.778. The van der Waals surface area contributed by atoms with Gasteiger partial charge in [-0.3, -0.25) is 9.48 Å². The van der Waals surface area contributed by atoms with Crippen LogP contribution >= 0.6 is 0 Å². The summed E-state index contributed by atoms with van der Waals surface area (Å²) in [6.45, 7) is 1.82. The number of nitrogens with one attached hydrogen (secondary N) is 1. The van der Waals surface area contributed by atoms with Crippen LogP contribution in [0.25, 0.3) is 0 Å². The predicted octanol–water partition coefficient (Wildman–Crippen LogP) is 1.59. The summed E-state index contributed by atoms with van der Waals surface area (Å²) in [6.07, 6.45) is 10.9.